The Morgan fingerprint density at radius 1 is 1.10 bits per heavy atom. The molecule has 0 heterocycles. The Morgan fingerprint density at radius 3 is 2.52 bits per heavy atom. The van der Waals surface area contributed by atoms with Crippen molar-refractivity contribution in [2.75, 3.05) is 19.0 Å². The third-order valence-electron chi connectivity index (χ3n) is 3.92. The number of nitrogens with one attached hydrogen (secondary N) is 1. The molecule has 0 aromatic heterocycles. The lowest BCUT2D eigenvalue weighted by atomic mass is 10.2. The topological polar surface area (TPSA) is 83.1 Å². The Kier molecular flexibility index (Phi) is 8.80. The number of carbonyl (C=O) groups excluding carboxylic acids is 2. The molecule has 0 radical (unpaired) electrons. The molecule has 31 heavy (non-hydrogen) atoms. The average molecular weight is 435 g/mol. The molecule has 0 aliphatic heterocycles. The summed E-state index contributed by atoms with van der Waals surface area (Å²) in [5, 5.41) is 2.65. The Morgan fingerprint density at radius 2 is 1.84 bits per heavy atom. The van der Waals surface area contributed by atoms with Gasteiger partial charge in [0, 0.05) is 6.08 Å². The van der Waals surface area contributed by atoms with Gasteiger partial charge in [0.25, 0.3) is 5.91 Å². The Hall–Kier alpha value is -3.62. The predicted octanol–water partition coefficient (Wildman–Crippen LogP) is 4.28. The summed E-state index contributed by atoms with van der Waals surface area (Å²) in [5.41, 5.74) is 0.948. The SMILES string of the molecule is CCOc1ccccc1NC(=O)C(C)OC(=O)/C=C/c1ccc(OC(F)F)c(OC)c1. The number of benzene rings is 2. The van der Waals surface area contributed by atoms with Crippen molar-refractivity contribution < 1.29 is 37.3 Å². The van der Waals surface area contributed by atoms with E-state index in [1.807, 2.05) is 6.92 Å². The van der Waals surface area contributed by atoms with E-state index in [4.69, 9.17) is 14.2 Å². The van der Waals surface area contributed by atoms with Gasteiger partial charge in [-0.2, -0.15) is 8.78 Å². The largest absolute Gasteiger partial charge is 0.493 e. The molecule has 0 aliphatic rings. The minimum absolute atomic E-state index is 0.0801. The van der Waals surface area contributed by atoms with Crippen molar-refractivity contribution in [1.82, 2.24) is 0 Å². The molecule has 1 amide bonds. The van der Waals surface area contributed by atoms with E-state index in [1.165, 1.54) is 38.3 Å². The maximum atomic E-state index is 12.4. The quantitative estimate of drug-likeness (QED) is 0.443. The van der Waals surface area contributed by atoms with Crippen LogP contribution in [0, 0.1) is 0 Å². The molecule has 1 N–H and O–H groups in total. The smallest absolute Gasteiger partial charge is 0.387 e. The average Bonchev–Trinajstić information content (AvgIpc) is 2.74. The fourth-order valence-electron chi connectivity index (χ4n) is 2.50. The fourth-order valence-corrected chi connectivity index (χ4v) is 2.50. The highest BCUT2D eigenvalue weighted by molar-refractivity contribution is 5.97. The summed E-state index contributed by atoms with van der Waals surface area (Å²) in [4.78, 5) is 24.4. The molecule has 0 bridgehead atoms. The molecule has 0 aliphatic carbocycles. The van der Waals surface area contributed by atoms with Gasteiger partial charge < -0.3 is 24.3 Å². The summed E-state index contributed by atoms with van der Waals surface area (Å²) in [6.07, 6.45) is 1.44. The highest BCUT2D eigenvalue weighted by Crippen LogP contribution is 2.30. The van der Waals surface area contributed by atoms with E-state index in [-0.39, 0.29) is 11.5 Å². The summed E-state index contributed by atoms with van der Waals surface area (Å²) >= 11 is 0. The number of carbonyl (C=O) groups is 2. The summed E-state index contributed by atoms with van der Waals surface area (Å²) < 4.78 is 44.7. The van der Waals surface area contributed by atoms with Crippen molar-refractivity contribution in [3.05, 3.63) is 54.1 Å². The number of para-hydroxylation sites is 2. The monoisotopic (exact) mass is 435 g/mol. The lowest BCUT2D eigenvalue weighted by molar-refractivity contribution is -0.148. The first kappa shape index (κ1) is 23.7. The van der Waals surface area contributed by atoms with Gasteiger partial charge in [-0.3, -0.25) is 4.79 Å². The Balaban J connectivity index is 1.97. The summed E-state index contributed by atoms with van der Waals surface area (Å²) in [7, 11) is 1.30. The zero-order valence-electron chi connectivity index (χ0n) is 17.3. The minimum atomic E-state index is -2.99. The van der Waals surface area contributed by atoms with Gasteiger partial charge in [0.05, 0.1) is 19.4 Å². The second-order valence-electron chi connectivity index (χ2n) is 6.12. The van der Waals surface area contributed by atoms with E-state index in [1.54, 1.807) is 24.3 Å². The van der Waals surface area contributed by atoms with Crippen LogP contribution in [0.3, 0.4) is 0 Å². The Bertz CT molecular complexity index is 932. The van der Waals surface area contributed by atoms with Crippen LogP contribution in [-0.4, -0.2) is 38.3 Å². The zero-order valence-corrected chi connectivity index (χ0v) is 17.3. The molecule has 0 fully saturated rings. The van der Waals surface area contributed by atoms with Crippen molar-refractivity contribution in [2.45, 2.75) is 26.6 Å². The van der Waals surface area contributed by atoms with Crippen molar-refractivity contribution >= 4 is 23.6 Å². The van der Waals surface area contributed by atoms with E-state index in [9.17, 15) is 18.4 Å². The van der Waals surface area contributed by atoms with Crippen LogP contribution >= 0.6 is 0 Å². The van der Waals surface area contributed by atoms with Gasteiger partial charge in [-0.15, -0.1) is 0 Å². The first-order valence-electron chi connectivity index (χ1n) is 9.38. The van der Waals surface area contributed by atoms with Crippen molar-refractivity contribution in [1.29, 1.82) is 0 Å². The molecule has 166 valence electrons. The molecule has 0 saturated carbocycles. The number of rotatable bonds is 10. The Labute approximate surface area is 178 Å². The molecule has 2 rings (SSSR count). The lowest BCUT2D eigenvalue weighted by Gasteiger charge is -2.15. The number of anilines is 1. The van der Waals surface area contributed by atoms with E-state index >= 15 is 0 Å². The minimum Gasteiger partial charge on any atom is -0.493 e. The number of hydrogen-bond donors (Lipinski definition) is 1. The van der Waals surface area contributed by atoms with Gasteiger partial charge in [0.15, 0.2) is 17.6 Å². The molecule has 1 atom stereocenters. The van der Waals surface area contributed by atoms with Gasteiger partial charge >= 0.3 is 12.6 Å². The summed E-state index contributed by atoms with van der Waals surface area (Å²) in [5.74, 6) is -0.826. The summed E-state index contributed by atoms with van der Waals surface area (Å²) in [6, 6.07) is 11.1. The van der Waals surface area contributed by atoms with E-state index in [2.05, 4.69) is 10.1 Å². The molecular weight excluding hydrogens is 412 g/mol. The van der Waals surface area contributed by atoms with E-state index < -0.39 is 24.6 Å². The van der Waals surface area contributed by atoms with Gasteiger partial charge in [0.1, 0.15) is 5.75 Å². The standard InChI is InChI=1S/C22H23F2NO6/c1-4-29-17-8-6-5-7-16(17)25-21(27)14(2)30-20(26)12-10-15-9-11-18(31-22(23)24)19(13-15)28-3/h5-14,22H,4H2,1-3H3,(H,25,27)/b12-10+. The molecule has 9 heteroatoms. The van der Waals surface area contributed by atoms with E-state index in [0.29, 0.717) is 23.6 Å². The third kappa shape index (κ3) is 7.29. The number of amides is 1. The first-order chi connectivity index (χ1) is 14.8. The molecule has 2 aromatic carbocycles. The maximum absolute atomic E-state index is 12.4. The number of halogens is 2. The molecule has 0 spiro atoms. The van der Waals surface area contributed by atoms with Gasteiger partial charge in [0.2, 0.25) is 0 Å². The van der Waals surface area contributed by atoms with Gasteiger partial charge in [-0.1, -0.05) is 18.2 Å². The summed E-state index contributed by atoms with van der Waals surface area (Å²) in [6.45, 7) is 0.703. The lowest BCUT2D eigenvalue weighted by Crippen LogP contribution is -2.29. The molecular formula is C22H23F2NO6. The molecule has 2 aromatic rings. The predicted molar refractivity (Wildman–Crippen MR) is 110 cm³/mol. The van der Waals surface area contributed by atoms with Crippen molar-refractivity contribution in [3.8, 4) is 17.2 Å². The van der Waals surface area contributed by atoms with Crippen LogP contribution in [-0.2, 0) is 14.3 Å². The second-order valence-corrected chi connectivity index (χ2v) is 6.12. The zero-order chi connectivity index (χ0) is 22.8. The van der Waals surface area contributed by atoms with E-state index in [0.717, 1.165) is 6.08 Å². The van der Waals surface area contributed by atoms with Crippen LogP contribution in [0.4, 0.5) is 14.5 Å². The van der Waals surface area contributed by atoms with Crippen LogP contribution in [0.2, 0.25) is 0 Å². The second kappa shape index (κ2) is 11.5. The number of esters is 1. The molecule has 0 saturated heterocycles. The third-order valence-corrected chi connectivity index (χ3v) is 3.92. The van der Waals surface area contributed by atoms with Crippen LogP contribution in [0.15, 0.2) is 48.5 Å². The molecule has 7 nitrogen and oxygen atoms in total. The van der Waals surface area contributed by atoms with Crippen LogP contribution in [0.25, 0.3) is 6.08 Å². The number of hydrogen-bond acceptors (Lipinski definition) is 6. The van der Waals surface area contributed by atoms with Crippen LogP contribution < -0.4 is 19.5 Å². The first-order valence-corrected chi connectivity index (χ1v) is 9.38. The van der Waals surface area contributed by atoms with Gasteiger partial charge in [-0.05, 0) is 49.8 Å². The fraction of sp³-hybridized carbons (Fsp3) is 0.273. The number of alkyl halides is 2. The number of ether oxygens (including phenoxy) is 4. The molecule has 1 unspecified atom stereocenters. The maximum Gasteiger partial charge on any atom is 0.387 e. The normalized spacial score (nSPS) is 11.8. The van der Waals surface area contributed by atoms with Crippen molar-refractivity contribution in [3.63, 3.8) is 0 Å². The van der Waals surface area contributed by atoms with Gasteiger partial charge in [-0.25, -0.2) is 4.79 Å². The number of methoxy groups -OCH3 is 1. The highest BCUT2D eigenvalue weighted by Gasteiger charge is 2.18. The van der Waals surface area contributed by atoms with Crippen molar-refractivity contribution in [2.24, 2.45) is 0 Å². The van der Waals surface area contributed by atoms with Crippen LogP contribution in [0.1, 0.15) is 19.4 Å². The highest BCUT2D eigenvalue weighted by atomic mass is 19.3. The van der Waals surface area contributed by atoms with Crippen LogP contribution in [0.5, 0.6) is 17.2 Å².